The van der Waals surface area contributed by atoms with Crippen LogP contribution in [0.2, 0.25) is 0 Å². The number of fused-ring (bicyclic) bond motifs is 1. The van der Waals surface area contributed by atoms with Crippen LogP contribution in [0.3, 0.4) is 0 Å². The van der Waals surface area contributed by atoms with Crippen molar-refractivity contribution in [1.82, 2.24) is 14.9 Å². The fourth-order valence-electron chi connectivity index (χ4n) is 1.37. The van der Waals surface area contributed by atoms with Crippen LogP contribution in [0.15, 0.2) is 11.4 Å². The third kappa shape index (κ3) is 2.49. The first-order valence-electron chi connectivity index (χ1n) is 5.27. The monoisotopic (exact) mass is 266 g/mol. The van der Waals surface area contributed by atoms with Gasteiger partial charge in [0.2, 0.25) is 11.9 Å². The van der Waals surface area contributed by atoms with Crippen LogP contribution in [-0.2, 0) is 4.79 Å². The number of likely N-dealkylation sites (N-methyl/N-ethyl adjacent to an activating group) is 1. The first-order chi connectivity index (χ1) is 8.61. The summed E-state index contributed by atoms with van der Waals surface area (Å²) >= 11 is 1.49. The van der Waals surface area contributed by atoms with Crippen LogP contribution in [0.1, 0.15) is 0 Å². The maximum Gasteiger partial charge on any atom is 0.241 e. The second-order valence-corrected chi connectivity index (χ2v) is 4.72. The molecule has 4 N–H and O–H groups in total. The molecule has 7 nitrogen and oxygen atoms in total. The molecule has 0 saturated carbocycles. The van der Waals surface area contributed by atoms with Crippen molar-refractivity contribution < 1.29 is 4.79 Å². The zero-order chi connectivity index (χ0) is 13.1. The Bertz CT molecular complexity index is 566. The van der Waals surface area contributed by atoms with E-state index in [1.807, 2.05) is 11.4 Å². The molecule has 2 rings (SSSR count). The molecule has 18 heavy (non-hydrogen) atoms. The maximum atomic E-state index is 11.5. The van der Waals surface area contributed by atoms with Gasteiger partial charge < -0.3 is 10.2 Å². The molecule has 0 aliphatic carbocycles. The average molecular weight is 266 g/mol. The molecule has 0 spiro atoms. The summed E-state index contributed by atoms with van der Waals surface area (Å²) in [5.74, 6) is 6.21. The smallest absolute Gasteiger partial charge is 0.241 e. The van der Waals surface area contributed by atoms with Gasteiger partial charge in [-0.1, -0.05) is 0 Å². The number of amides is 1. The lowest BCUT2D eigenvalue weighted by Gasteiger charge is -2.12. The number of nitrogens with two attached hydrogens (primary N) is 1. The predicted molar refractivity (Wildman–Crippen MR) is 72.4 cm³/mol. The summed E-state index contributed by atoms with van der Waals surface area (Å²) in [6, 6.07) is 1.91. The van der Waals surface area contributed by atoms with E-state index in [-0.39, 0.29) is 12.5 Å². The van der Waals surface area contributed by atoms with Crippen LogP contribution >= 0.6 is 11.3 Å². The van der Waals surface area contributed by atoms with Gasteiger partial charge in [0.25, 0.3) is 0 Å². The van der Waals surface area contributed by atoms with E-state index in [1.54, 1.807) is 14.1 Å². The number of hydrogen-bond acceptors (Lipinski definition) is 7. The lowest BCUT2D eigenvalue weighted by molar-refractivity contribution is -0.126. The van der Waals surface area contributed by atoms with Crippen molar-refractivity contribution in [3.8, 4) is 0 Å². The van der Waals surface area contributed by atoms with Crippen molar-refractivity contribution >= 4 is 39.2 Å². The summed E-state index contributed by atoms with van der Waals surface area (Å²) < 4.78 is 0. The van der Waals surface area contributed by atoms with Crippen molar-refractivity contribution in [2.75, 3.05) is 31.4 Å². The summed E-state index contributed by atoms with van der Waals surface area (Å²) in [6.07, 6.45) is 0. The standard InChI is InChI=1S/C10H14N6OS/c1-16(2)7(17)5-12-8-6-3-4-18-9(6)14-10(13-8)15-11/h3-4H,5,11H2,1-2H3,(H2,12,13,14,15). The third-order valence-electron chi connectivity index (χ3n) is 2.36. The van der Waals surface area contributed by atoms with Crippen molar-refractivity contribution in [3.05, 3.63) is 11.4 Å². The topological polar surface area (TPSA) is 96.2 Å². The Kier molecular flexibility index (Phi) is 3.58. The van der Waals surface area contributed by atoms with Crippen molar-refractivity contribution in [3.63, 3.8) is 0 Å². The number of thiophene rings is 1. The minimum atomic E-state index is -0.0285. The first kappa shape index (κ1) is 12.5. The van der Waals surface area contributed by atoms with Crippen LogP contribution in [0.25, 0.3) is 10.2 Å². The largest absolute Gasteiger partial charge is 0.360 e. The fourth-order valence-corrected chi connectivity index (χ4v) is 2.14. The normalized spacial score (nSPS) is 10.4. The maximum absolute atomic E-state index is 11.5. The van der Waals surface area contributed by atoms with Gasteiger partial charge in [0.05, 0.1) is 11.9 Å². The number of aromatic nitrogens is 2. The molecule has 1 amide bonds. The number of hydrazine groups is 1. The molecule has 0 unspecified atom stereocenters. The molecular formula is C10H14N6OS. The Labute approximate surface area is 108 Å². The first-order valence-corrected chi connectivity index (χ1v) is 6.15. The van der Waals surface area contributed by atoms with Gasteiger partial charge in [0.15, 0.2) is 0 Å². The molecule has 2 aromatic heterocycles. The highest BCUT2D eigenvalue weighted by Crippen LogP contribution is 2.25. The summed E-state index contributed by atoms with van der Waals surface area (Å²) in [4.78, 5) is 22.3. The van der Waals surface area contributed by atoms with Gasteiger partial charge in [-0.3, -0.25) is 10.2 Å². The van der Waals surface area contributed by atoms with Gasteiger partial charge in [-0.15, -0.1) is 11.3 Å². The Morgan fingerprint density at radius 1 is 1.50 bits per heavy atom. The van der Waals surface area contributed by atoms with Crippen molar-refractivity contribution in [2.24, 2.45) is 5.84 Å². The molecule has 96 valence electrons. The predicted octanol–water partition coefficient (Wildman–Crippen LogP) is 0.477. The number of nitrogens with one attached hydrogen (secondary N) is 2. The zero-order valence-corrected chi connectivity index (χ0v) is 10.9. The van der Waals surface area contributed by atoms with E-state index >= 15 is 0 Å². The molecular weight excluding hydrogens is 252 g/mol. The van der Waals surface area contributed by atoms with Gasteiger partial charge in [-0.05, 0) is 11.4 Å². The van der Waals surface area contributed by atoms with Crippen LogP contribution < -0.4 is 16.6 Å². The van der Waals surface area contributed by atoms with E-state index in [0.717, 1.165) is 10.2 Å². The summed E-state index contributed by atoms with van der Waals surface area (Å²) in [7, 11) is 3.41. The fraction of sp³-hybridized carbons (Fsp3) is 0.300. The Balaban J connectivity index is 2.26. The molecule has 0 fully saturated rings. The molecule has 0 radical (unpaired) electrons. The van der Waals surface area contributed by atoms with Crippen LogP contribution in [0, 0.1) is 0 Å². The minimum Gasteiger partial charge on any atom is -0.360 e. The second kappa shape index (κ2) is 5.15. The van der Waals surface area contributed by atoms with Crippen molar-refractivity contribution in [1.29, 1.82) is 0 Å². The molecule has 2 aromatic rings. The quantitative estimate of drug-likeness (QED) is 0.550. The molecule has 0 bridgehead atoms. The lowest BCUT2D eigenvalue weighted by atomic mass is 10.3. The van der Waals surface area contributed by atoms with E-state index in [2.05, 4.69) is 20.7 Å². The summed E-state index contributed by atoms with van der Waals surface area (Å²) in [6.45, 7) is 0.180. The Morgan fingerprint density at radius 3 is 2.94 bits per heavy atom. The van der Waals surface area contributed by atoms with Crippen LogP contribution in [0.5, 0.6) is 0 Å². The van der Waals surface area contributed by atoms with Gasteiger partial charge in [0.1, 0.15) is 10.6 Å². The van der Waals surface area contributed by atoms with E-state index in [9.17, 15) is 4.79 Å². The number of nitrogens with zero attached hydrogens (tertiary/aromatic N) is 3. The number of rotatable bonds is 4. The van der Waals surface area contributed by atoms with Crippen LogP contribution in [-0.4, -0.2) is 41.4 Å². The molecule has 0 aromatic carbocycles. The number of carbonyl (C=O) groups excluding carboxylic acids is 1. The van der Waals surface area contributed by atoms with Gasteiger partial charge >= 0.3 is 0 Å². The molecule has 2 heterocycles. The van der Waals surface area contributed by atoms with Crippen LogP contribution in [0.4, 0.5) is 11.8 Å². The second-order valence-electron chi connectivity index (χ2n) is 3.82. The summed E-state index contributed by atoms with van der Waals surface area (Å²) in [5, 5.41) is 5.79. The summed E-state index contributed by atoms with van der Waals surface area (Å²) in [5.41, 5.74) is 2.41. The number of hydrogen-bond donors (Lipinski definition) is 3. The Hall–Kier alpha value is -1.93. The van der Waals surface area contributed by atoms with E-state index in [4.69, 9.17) is 5.84 Å². The van der Waals surface area contributed by atoms with Gasteiger partial charge in [0, 0.05) is 14.1 Å². The number of anilines is 2. The molecule has 0 aliphatic heterocycles. The Morgan fingerprint density at radius 2 is 2.28 bits per heavy atom. The van der Waals surface area contributed by atoms with E-state index in [1.165, 1.54) is 16.2 Å². The number of nitrogen functional groups attached to an aromatic ring is 1. The van der Waals surface area contributed by atoms with E-state index < -0.39 is 0 Å². The van der Waals surface area contributed by atoms with Crippen molar-refractivity contribution in [2.45, 2.75) is 0 Å². The highest BCUT2D eigenvalue weighted by atomic mass is 32.1. The molecule has 0 saturated heterocycles. The average Bonchev–Trinajstić information content (AvgIpc) is 2.83. The minimum absolute atomic E-state index is 0.0285. The molecule has 0 atom stereocenters. The number of carbonyl (C=O) groups is 1. The molecule has 0 aliphatic rings. The zero-order valence-electron chi connectivity index (χ0n) is 10.1. The highest BCUT2D eigenvalue weighted by molar-refractivity contribution is 7.16. The lowest BCUT2D eigenvalue weighted by Crippen LogP contribution is -2.29. The van der Waals surface area contributed by atoms with E-state index in [0.29, 0.717) is 11.8 Å². The third-order valence-corrected chi connectivity index (χ3v) is 3.17. The van der Waals surface area contributed by atoms with Gasteiger partial charge in [-0.2, -0.15) is 4.98 Å². The highest BCUT2D eigenvalue weighted by Gasteiger charge is 2.10. The molecule has 8 heteroatoms. The van der Waals surface area contributed by atoms with Gasteiger partial charge in [-0.25, -0.2) is 10.8 Å². The SMILES string of the molecule is CN(C)C(=O)CNc1nc(NN)nc2sccc12.